The third-order valence-electron chi connectivity index (χ3n) is 2.25. The number of nitrogens with zero attached hydrogens (tertiary/aromatic N) is 1. The molecule has 0 fully saturated rings. The maximum Gasteiger partial charge on any atom is 0.217 e. The first-order valence-corrected chi connectivity index (χ1v) is 5.52. The van der Waals surface area contributed by atoms with Crippen molar-refractivity contribution in [2.24, 2.45) is 0 Å². The summed E-state index contributed by atoms with van der Waals surface area (Å²) >= 11 is 1.37. The Morgan fingerprint density at radius 2 is 2.27 bits per heavy atom. The van der Waals surface area contributed by atoms with Crippen LogP contribution in [0.1, 0.15) is 36.4 Å². The van der Waals surface area contributed by atoms with E-state index in [9.17, 15) is 14.9 Å². The summed E-state index contributed by atoms with van der Waals surface area (Å²) in [5.74, 6) is -0.0140. The molecule has 0 saturated heterocycles. The summed E-state index contributed by atoms with van der Waals surface area (Å²) in [5.41, 5.74) is -1.02. The third kappa shape index (κ3) is 3.13. The number of hydrogen-bond donors (Lipinski definition) is 0. The van der Waals surface area contributed by atoms with Gasteiger partial charge in [0, 0.05) is 31.6 Å². The Kier molecular flexibility index (Phi) is 3.57. The number of Topliss-reactive ketones (excluding diaryl/α,β-unsaturated/α-hetero) is 1. The molecule has 0 atom stereocenters. The van der Waals surface area contributed by atoms with Gasteiger partial charge in [0.05, 0.1) is 4.88 Å². The van der Waals surface area contributed by atoms with E-state index in [2.05, 4.69) is 0 Å². The van der Waals surface area contributed by atoms with Crippen molar-refractivity contribution in [1.82, 2.24) is 0 Å². The Balaban J connectivity index is 2.51. The molecule has 0 amide bonds. The molecule has 0 aliphatic heterocycles. The van der Waals surface area contributed by atoms with Crippen LogP contribution in [0.5, 0.6) is 0 Å². The molecular weight excluding hydrogens is 214 g/mol. The molecule has 0 unspecified atom stereocenters. The molecule has 0 spiro atoms. The first-order valence-electron chi connectivity index (χ1n) is 4.65. The van der Waals surface area contributed by atoms with E-state index in [4.69, 9.17) is 0 Å². The summed E-state index contributed by atoms with van der Waals surface area (Å²) in [5, 5.41) is 12.4. The van der Waals surface area contributed by atoms with E-state index in [1.165, 1.54) is 25.2 Å². The van der Waals surface area contributed by atoms with Crippen molar-refractivity contribution >= 4 is 17.1 Å². The number of carbonyl (C=O) groups excluding carboxylic acids is 1. The molecule has 0 aliphatic carbocycles. The third-order valence-corrected chi connectivity index (χ3v) is 3.17. The summed E-state index contributed by atoms with van der Waals surface area (Å²) in [6.45, 7) is 3.07. The number of thiophene rings is 1. The first kappa shape index (κ1) is 11.8. The normalized spacial score (nSPS) is 11.3. The molecule has 4 nitrogen and oxygen atoms in total. The van der Waals surface area contributed by atoms with Crippen LogP contribution in [-0.4, -0.2) is 16.2 Å². The fourth-order valence-corrected chi connectivity index (χ4v) is 1.77. The summed E-state index contributed by atoms with van der Waals surface area (Å²) in [7, 11) is 0. The number of hydrogen-bond acceptors (Lipinski definition) is 4. The zero-order valence-electron chi connectivity index (χ0n) is 8.73. The average molecular weight is 227 g/mol. The van der Waals surface area contributed by atoms with Crippen LogP contribution in [0.4, 0.5) is 0 Å². The smallest absolute Gasteiger partial charge is 0.217 e. The van der Waals surface area contributed by atoms with Crippen LogP contribution >= 0.6 is 11.3 Å². The second kappa shape index (κ2) is 4.53. The number of nitro groups is 1. The van der Waals surface area contributed by atoms with Crippen LogP contribution in [0.3, 0.4) is 0 Å². The zero-order chi connectivity index (χ0) is 11.5. The Labute approximate surface area is 92.1 Å². The molecule has 5 heteroatoms. The Morgan fingerprint density at radius 3 is 2.73 bits per heavy atom. The second-order valence-corrected chi connectivity index (χ2v) is 4.92. The highest BCUT2D eigenvalue weighted by Crippen LogP contribution is 2.19. The largest absolute Gasteiger partial charge is 0.293 e. The molecule has 82 valence electrons. The van der Waals surface area contributed by atoms with E-state index in [1.54, 1.807) is 12.1 Å². The molecule has 0 radical (unpaired) electrons. The van der Waals surface area contributed by atoms with Crippen molar-refractivity contribution in [3.8, 4) is 0 Å². The lowest BCUT2D eigenvalue weighted by atomic mass is 9.97. The van der Waals surface area contributed by atoms with Gasteiger partial charge in [-0.1, -0.05) is 6.07 Å². The Hall–Kier alpha value is -1.23. The lowest BCUT2D eigenvalue weighted by Gasteiger charge is -2.14. The quantitative estimate of drug-likeness (QED) is 0.441. The monoisotopic (exact) mass is 227 g/mol. The van der Waals surface area contributed by atoms with Crippen LogP contribution in [-0.2, 0) is 0 Å². The van der Waals surface area contributed by atoms with Gasteiger partial charge in [0.2, 0.25) is 5.54 Å². The second-order valence-electron chi connectivity index (χ2n) is 3.97. The van der Waals surface area contributed by atoms with Crippen molar-refractivity contribution < 1.29 is 9.72 Å². The number of rotatable bonds is 5. The Bertz CT molecular complexity index is 357. The molecule has 1 aromatic rings. The maximum absolute atomic E-state index is 11.6. The minimum Gasteiger partial charge on any atom is -0.293 e. The van der Waals surface area contributed by atoms with E-state index in [-0.39, 0.29) is 23.5 Å². The van der Waals surface area contributed by atoms with Gasteiger partial charge in [0.1, 0.15) is 0 Å². The van der Waals surface area contributed by atoms with Gasteiger partial charge in [-0.3, -0.25) is 14.9 Å². The van der Waals surface area contributed by atoms with Gasteiger partial charge in [-0.05, 0) is 11.4 Å². The van der Waals surface area contributed by atoms with Crippen LogP contribution in [0.2, 0.25) is 0 Å². The zero-order valence-corrected chi connectivity index (χ0v) is 9.54. The molecule has 0 N–H and O–H groups in total. The molecule has 1 rings (SSSR count). The van der Waals surface area contributed by atoms with Crippen molar-refractivity contribution in [3.05, 3.63) is 32.5 Å². The van der Waals surface area contributed by atoms with Crippen molar-refractivity contribution in [1.29, 1.82) is 0 Å². The highest BCUT2D eigenvalue weighted by molar-refractivity contribution is 7.12. The van der Waals surface area contributed by atoms with E-state index in [1.807, 2.05) is 5.38 Å². The SMILES string of the molecule is CC(C)(CCC(=O)c1cccs1)[N+](=O)[O-]. The lowest BCUT2D eigenvalue weighted by molar-refractivity contribution is -0.561. The topological polar surface area (TPSA) is 60.2 Å². The van der Waals surface area contributed by atoms with Gasteiger partial charge in [-0.25, -0.2) is 0 Å². The van der Waals surface area contributed by atoms with Crippen LogP contribution in [0, 0.1) is 10.1 Å². The fourth-order valence-electron chi connectivity index (χ4n) is 1.07. The molecule has 0 saturated carbocycles. The van der Waals surface area contributed by atoms with Crippen molar-refractivity contribution in [2.75, 3.05) is 0 Å². The van der Waals surface area contributed by atoms with Crippen molar-refractivity contribution in [2.45, 2.75) is 32.2 Å². The van der Waals surface area contributed by atoms with Gasteiger partial charge in [-0.15, -0.1) is 11.3 Å². The van der Waals surface area contributed by atoms with Gasteiger partial charge in [0.15, 0.2) is 5.78 Å². The van der Waals surface area contributed by atoms with Crippen LogP contribution in [0.15, 0.2) is 17.5 Å². The standard InChI is InChI=1S/C10H13NO3S/c1-10(2,11(13)14)6-5-8(12)9-4-3-7-15-9/h3-4,7H,5-6H2,1-2H3. The molecule has 1 heterocycles. The molecule has 15 heavy (non-hydrogen) atoms. The molecular formula is C10H13NO3S. The maximum atomic E-state index is 11.6. The van der Waals surface area contributed by atoms with E-state index < -0.39 is 5.54 Å². The summed E-state index contributed by atoms with van der Waals surface area (Å²) in [6.07, 6.45) is 0.505. The van der Waals surface area contributed by atoms with E-state index in [0.29, 0.717) is 4.88 Å². The van der Waals surface area contributed by atoms with Crippen molar-refractivity contribution in [3.63, 3.8) is 0 Å². The molecule has 1 aromatic heterocycles. The molecule has 0 bridgehead atoms. The summed E-state index contributed by atoms with van der Waals surface area (Å²) < 4.78 is 0. The number of carbonyl (C=O) groups is 1. The van der Waals surface area contributed by atoms with Gasteiger partial charge < -0.3 is 0 Å². The first-order chi connectivity index (χ1) is 6.93. The highest BCUT2D eigenvalue weighted by Gasteiger charge is 2.31. The highest BCUT2D eigenvalue weighted by atomic mass is 32.1. The summed E-state index contributed by atoms with van der Waals surface area (Å²) in [6, 6.07) is 3.54. The van der Waals surface area contributed by atoms with Gasteiger partial charge >= 0.3 is 0 Å². The van der Waals surface area contributed by atoms with Crippen LogP contribution in [0.25, 0.3) is 0 Å². The Morgan fingerprint density at radius 1 is 1.60 bits per heavy atom. The van der Waals surface area contributed by atoms with Crippen LogP contribution < -0.4 is 0 Å². The summed E-state index contributed by atoms with van der Waals surface area (Å²) in [4.78, 5) is 22.5. The van der Waals surface area contributed by atoms with E-state index in [0.717, 1.165) is 0 Å². The average Bonchev–Trinajstić information content (AvgIpc) is 2.66. The molecule has 0 aliphatic rings. The van der Waals surface area contributed by atoms with Gasteiger partial charge in [0.25, 0.3) is 0 Å². The minimum absolute atomic E-state index is 0.0140. The van der Waals surface area contributed by atoms with E-state index >= 15 is 0 Å². The fraction of sp³-hybridized carbons (Fsp3) is 0.500. The predicted molar refractivity (Wildman–Crippen MR) is 59.0 cm³/mol. The number of ketones is 1. The van der Waals surface area contributed by atoms with Gasteiger partial charge in [-0.2, -0.15) is 0 Å². The lowest BCUT2D eigenvalue weighted by Crippen LogP contribution is -2.31. The predicted octanol–water partition coefficient (Wildman–Crippen LogP) is 2.77. The minimum atomic E-state index is -1.02. The molecule has 0 aromatic carbocycles.